The van der Waals surface area contributed by atoms with Crippen molar-refractivity contribution in [2.75, 3.05) is 19.8 Å². The number of nitrogens with two attached hydrogens (primary N) is 1. The zero-order valence-electron chi connectivity index (χ0n) is 22.5. The van der Waals surface area contributed by atoms with Gasteiger partial charge in [0.15, 0.2) is 17.3 Å². The summed E-state index contributed by atoms with van der Waals surface area (Å²) < 4.78 is 44.2. The van der Waals surface area contributed by atoms with Crippen LogP contribution in [0.3, 0.4) is 0 Å². The third-order valence-corrected chi connectivity index (χ3v) is 6.65. The SMILES string of the molecule is CCc1cccc(CNC[C@@H](OC(=O)CCC(=O)c2ccc3c(c2)OCCO3)[C@@H](N)Cc2cc(F)cc(F)c2)c1. The van der Waals surface area contributed by atoms with Crippen LogP contribution in [0.5, 0.6) is 11.5 Å². The molecule has 0 aromatic heterocycles. The van der Waals surface area contributed by atoms with E-state index in [-0.39, 0.29) is 31.6 Å². The Balaban J connectivity index is 1.37. The zero-order valence-corrected chi connectivity index (χ0v) is 22.5. The number of hydrogen-bond donors (Lipinski definition) is 2. The second kappa shape index (κ2) is 14.0. The number of hydrogen-bond acceptors (Lipinski definition) is 7. The Morgan fingerprint density at radius 3 is 2.40 bits per heavy atom. The van der Waals surface area contributed by atoms with Crippen molar-refractivity contribution in [3.63, 3.8) is 0 Å². The van der Waals surface area contributed by atoms with Gasteiger partial charge in [0.05, 0.1) is 6.42 Å². The lowest BCUT2D eigenvalue weighted by Crippen LogP contribution is -2.46. The summed E-state index contributed by atoms with van der Waals surface area (Å²) >= 11 is 0. The molecule has 2 atom stereocenters. The molecule has 0 saturated heterocycles. The number of carbonyl (C=O) groups excluding carboxylic acids is 2. The van der Waals surface area contributed by atoms with Gasteiger partial charge in [-0.2, -0.15) is 0 Å². The van der Waals surface area contributed by atoms with E-state index in [1.54, 1.807) is 18.2 Å². The smallest absolute Gasteiger partial charge is 0.306 e. The van der Waals surface area contributed by atoms with Gasteiger partial charge in [0.1, 0.15) is 31.0 Å². The zero-order chi connectivity index (χ0) is 28.5. The number of Topliss-reactive ketones (excluding diaryl/α,β-unsaturated/α-hetero) is 1. The molecule has 3 aromatic rings. The molecule has 4 rings (SSSR count). The van der Waals surface area contributed by atoms with E-state index in [0.717, 1.165) is 18.1 Å². The van der Waals surface area contributed by atoms with E-state index in [0.29, 0.717) is 42.4 Å². The Bertz CT molecular complexity index is 1310. The number of fused-ring (bicyclic) bond motifs is 1. The van der Waals surface area contributed by atoms with Crippen LogP contribution in [0.25, 0.3) is 0 Å². The van der Waals surface area contributed by atoms with Gasteiger partial charge in [-0.3, -0.25) is 9.59 Å². The summed E-state index contributed by atoms with van der Waals surface area (Å²) in [7, 11) is 0. The highest BCUT2D eigenvalue weighted by Crippen LogP contribution is 2.31. The van der Waals surface area contributed by atoms with Gasteiger partial charge < -0.3 is 25.3 Å². The van der Waals surface area contributed by atoms with E-state index < -0.39 is 29.7 Å². The molecule has 1 aliphatic heterocycles. The number of ether oxygens (including phenoxy) is 3. The molecule has 0 radical (unpaired) electrons. The van der Waals surface area contributed by atoms with E-state index in [4.69, 9.17) is 19.9 Å². The molecule has 0 saturated carbocycles. The molecule has 40 heavy (non-hydrogen) atoms. The number of aryl methyl sites for hydroxylation is 1. The van der Waals surface area contributed by atoms with Gasteiger partial charge >= 0.3 is 5.97 Å². The van der Waals surface area contributed by atoms with Gasteiger partial charge in [-0.1, -0.05) is 31.2 Å². The van der Waals surface area contributed by atoms with E-state index in [1.807, 2.05) is 18.2 Å². The fraction of sp³-hybridized carbons (Fsp3) is 0.355. The Hall–Kier alpha value is -3.82. The first-order chi connectivity index (χ1) is 19.3. The van der Waals surface area contributed by atoms with E-state index in [2.05, 4.69) is 18.3 Å². The normalized spacial score (nSPS) is 13.9. The number of nitrogens with one attached hydrogen (secondary N) is 1. The predicted octanol–water partition coefficient (Wildman–Crippen LogP) is 4.53. The summed E-state index contributed by atoms with van der Waals surface area (Å²) in [6.45, 7) is 3.67. The van der Waals surface area contributed by atoms with Crippen LogP contribution in [0, 0.1) is 11.6 Å². The van der Waals surface area contributed by atoms with Crippen molar-refractivity contribution in [1.82, 2.24) is 5.32 Å². The van der Waals surface area contributed by atoms with Crippen molar-refractivity contribution in [1.29, 1.82) is 0 Å². The molecular formula is C31H34F2N2O5. The minimum absolute atomic E-state index is 0.0627. The van der Waals surface area contributed by atoms with Crippen LogP contribution in [0.2, 0.25) is 0 Å². The van der Waals surface area contributed by atoms with Crippen LogP contribution in [-0.2, 0) is 28.9 Å². The monoisotopic (exact) mass is 552 g/mol. The lowest BCUT2D eigenvalue weighted by atomic mass is 10.0. The van der Waals surface area contributed by atoms with E-state index in [1.165, 1.54) is 17.7 Å². The van der Waals surface area contributed by atoms with Crippen molar-refractivity contribution in [2.45, 2.75) is 51.3 Å². The van der Waals surface area contributed by atoms with Gasteiger partial charge in [0, 0.05) is 37.2 Å². The second-order valence-electron chi connectivity index (χ2n) is 9.76. The topological polar surface area (TPSA) is 99.9 Å². The van der Waals surface area contributed by atoms with Crippen LogP contribution >= 0.6 is 0 Å². The van der Waals surface area contributed by atoms with Gasteiger partial charge in [-0.25, -0.2) is 8.78 Å². The van der Waals surface area contributed by atoms with Gasteiger partial charge in [-0.05, 0) is 59.9 Å². The Morgan fingerprint density at radius 2 is 1.65 bits per heavy atom. The predicted molar refractivity (Wildman–Crippen MR) is 146 cm³/mol. The third kappa shape index (κ3) is 8.34. The lowest BCUT2D eigenvalue weighted by molar-refractivity contribution is -0.149. The first-order valence-corrected chi connectivity index (χ1v) is 13.4. The number of rotatable bonds is 13. The van der Waals surface area contributed by atoms with Crippen LogP contribution in [-0.4, -0.2) is 43.7 Å². The molecule has 0 bridgehead atoms. The number of benzene rings is 3. The van der Waals surface area contributed by atoms with Crippen molar-refractivity contribution in [3.8, 4) is 11.5 Å². The highest BCUT2D eigenvalue weighted by atomic mass is 19.1. The minimum Gasteiger partial charge on any atom is -0.486 e. The molecule has 0 spiro atoms. The van der Waals surface area contributed by atoms with Gasteiger partial charge in [0.25, 0.3) is 0 Å². The number of esters is 1. The summed E-state index contributed by atoms with van der Waals surface area (Å²) in [4.78, 5) is 25.5. The average Bonchev–Trinajstić information content (AvgIpc) is 2.94. The van der Waals surface area contributed by atoms with Crippen LogP contribution in [0.15, 0.2) is 60.7 Å². The second-order valence-corrected chi connectivity index (χ2v) is 9.76. The first-order valence-electron chi connectivity index (χ1n) is 13.4. The van der Waals surface area contributed by atoms with Crippen LogP contribution < -0.4 is 20.5 Å². The molecule has 0 amide bonds. The number of ketones is 1. The summed E-state index contributed by atoms with van der Waals surface area (Å²) in [6.07, 6.45) is -0.00195. The lowest BCUT2D eigenvalue weighted by Gasteiger charge is -2.25. The van der Waals surface area contributed by atoms with Crippen molar-refractivity contribution < 1.29 is 32.6 Å². The van der Waals surface area contributed by atoms with Crippen molar-refractivity contribution >= 4 is 11.8 Å². The maximum absolute atomic E-state index is 13.7. The molecule has 0 unspecified atom stereocenters. The molecular weight excluding hydrogens is 518 g/mol. The van der Waals surface area contributed by atoms with Gasteiger partial charge in [-0.15, -0.1) is 0 Å². The van der Waals surface area contributed by atoms with Crippen LogP contribution in [0.4, 0.5) is 8.78 Å². The highest BCUT2D eigenvalue weighted by molar-refractivity contribution is 5.98. The van der Waals surface area contributed by atoms with E-state index in [9.17, 15) is 18.4 Å². The summed E-state index contributed by atoms with van der Waals surface area (Å²) in [6, 6.07) is 15.5. The molecule has 1 aliphatic rings. The molecule has 9 heteroatoms. The Kier molecular flexibility index (Phi) is 10.2. The maximum atomic E-state index is 13.7. The molecule has 3 N–H and O–H groups in total. The fourth-order valence-corrected chi connectivity index (χ4v) is 4.54. The molecule has 1 heterocycles. The van der Waals surface area contributed by atoms with Crippen molar-refractivity contribution in [3.05, 3.63) is 94.6 Å². The molecule has 0 fully saturated rings. The first kappa shape index (κ1) is 29.2. The maximum Gasteiger partial charge on any atom is 0.306 e. The largest absolute Gasteiger partial charge is 0.486 e. The molecule has 212 valence electrons. The summed E-state index contributed by atoms with van der Waals surface area (Å²) in [5.74, 6) is -1.17. The van der Waals surface area contributed by atoms with Crippen LogP contribution in [0.1, 0.15) is 46.8 Å². The number of carbonyl (C=O) groups is 2. The fourth-order valence-electron chi connectivity index (χ4n) is 4.54. The van der Waals surface area contributed by atoms with Gasteiger partial charge in [0.2, 0.25) is 0 Å². The third-order valence-electron chi connectivity index (χ3n) is 6.65. The average molecular weight is 553 g/mol. The number of halogens is 2. The molecule has 7 nitrogen and oxygen atoms in total. The minimum atomic E-state index is -0.794. The Morgan fingerprint density at radius 1 is 0.925 bits per heavy atom. The molecule has 3 aromatic carbocycles. The standard InChI is InChI=1S/C31H34F2N2O5/c1-2-20-4-3-5-21(12-20)18-35-19-30(26(34)15-22-13-24(32)17-25(33)14-22)40-31(37)9-7-27(36)23-6-8-28-29(16-23)39-11-10-38-28/h3-6,8,12-14,16-17,26,30,35H,2,7,9-11,15,18-19,34H2,1H3/t26-,30+/m0/s1. The highest BCUT2D eigenvalue weighted by Gasteiger charge is 2.24. The quantitative estimate of drug-likeness (QED) is 0.237. The summed E-state index contributed by atoms with van der Waals surface area (Å²) in [5.41, 5.74) is 9.42. The molecule has 0 aliphatic carbocycles. The van der Waals surface area contributed by atoms with Crippen molar-refractivity contribution in [2.24, 2.45) is 5.73 Å². The Labute approximate surface area is 232 Å². The van der Waals surface area contributed by atoms with E-state index >= 15 is 0 Å². The summed E-state index contributed by atoms with van der Waals surface area (Å²) in [5, 5.41) is 3.27.